The molecule has 0 N–H and O–H groups in total. The molecule has 7 nitrogen and oxygen atoms in total. The van der Waals surface area contributed by atoms with Crippen molar-refractivity contribution in [2.75, 3.05) is 0 Å². The maximum atomic E-state index is 14.2. The SMILES string of the molecule is O=S(=O)(F)Oc1ccc(OCc2c(F)cc(Cn3ccnn3)cc2F)cc1. The monoisotopic (exact) mass is 399 g/mol. The minimum atomic E-state index is -5.13. The van der Waals surface area contributed by atoms with E-state index in [1.807, 2.05) is 0 Å². The normalized spacial score (nSPS) is 11.4. The largest absolute Gasteiger partial charge is 0.489 e. The highest BCUT2D eigenvalue weighted by Crippen LogP contribution is 2.22. The summed E-state index contributed by atoms with van der Waals surface area (Å²) < 4.78 is 72.3. The van der Waals surface area contributed by atoms with Gasteiger partial charge in [-0.25, -0.2) is 13.5 Å². The fourth-order valence-corrected chi connectivity index (χ4v) is 2.59. The van der Waals surface area contributed by atoms with Gasteiger partial charge in [0.1, 0.15) is 29.7 Å². The standard InChI is InChI=1S/C16H12F3N3O4S/c17-15-7-11(9-22-6-5-20-21-22)8-16(18)14(15)10-25-12-1-3-13(4-2-12)26-27(19,23)24/h1-8H,9-10H2. The molecule has 142 valence electrons. The van der Waals surface area contributed by atoms with E-state index in [1.165, 1.54) is 35.1 Å². The van der Waals surface area contributed by atoms with Crippen LogP contribution in [0.3, 0.4) is 0 Å². The third-order valence-electron chi connectivity index (χ3n) is 3.42. The Labute approximate surface area is 152 Å². The molecule has 0 fully saturated rings. The van der Waals surface area contributed by atoms with Gasteiger partial charge < -0.3 is 8.92 Å². The molecule has 0 aliphatic rings. The highest BCUT2D eigenvalue weighted by Gasteiger charge is 2.13. The predicted octanol–water partition coefficient (Wildman–Crippen LogP) is 2.78. The number of ether oxygens (including phenoxy) is 1. The van der Waals surface area contributed by atoms with Crippen molar-refractivity contribution in [2.45, 2.75) is 13.2 Å². The summed E-state index contributed by atoms with van der Waals surface area (Å²) >= 11 is 0. The Balaban J connectivity index is 1.67. The zero-order valence-corrected chi connectivity index (χ0v) is 14.4. The minimum Gasteiger partial charge on any atom is -0.489 e. The van der Waals surface area contributed by atoms with E-state index in [0.29, 0.717) is 5.56 Å². The molecule has 0 saturated heterocycles. The quantitative estimate of drug-likeness (QED) is 0.568. The Kier molecular flexibility index (Phi) is 5.31. The van der Waals surface area contributed by atoms with E-state index in [9.17, 15) is 21.1 Å². The first-order chi connectivity index (χ1) is 12.8. The van der Waals surface area contributed by atoms with Crippen molar-refractivity contribution in [1.29, 1.82) is 0 Å². The molecule has 0 aliphatic heterocycles. The summed E-state index contributed by atoms with van der Waals surface area (Å²) in [5.41, 5.74) is 0.0946. The average Bonchev–Trinajstić information content (AvgIpc) is 3.07. The summed E-state index contributed by atoms with van der Waals surface area (Å²) in [4.78, 5) is 0. The van der Waals surface area contributed by atoms with Crippen LogP contribution < -0.4 is 8.92 Å². The summed E-state index contributed by atoms with van der Waals surface area (Å²) in [7, 11) is -5.13. The molecule has 0 unspecified atom stereocenters. The molecule has 0 atom stereocenters. The maximum Gasteiger partial charge on any atom is 0.488 e. The van der Waals surface area contributed by atoms with Gasteiger partial charge in [0.15, 0.2) is 0 Å². The number of rotatable bonds is 7. The summed E-state index contributed by atoms with van der Waals surface area (Å²) in [6.45, 7) is -0.239. The van der Waals surface area contributed by atoms with Gasteiger partial charge in [-0.15, -0.1) is 5.10 Å². The van der Waals surface area contributed by atoms with Crippen LogP contribution >= 0.6 is 0 Å². The van der Waals surface area contributed by atoms with Crippen LogP contribution in [0.25, 0.3) is 0 Å². The van der Waals surface area contributed by atoms with Crippen LogP contribution in [0.4, 0.5) is 12.7 Å². The zero-order valence-electron chi connectivity index (χ0n) is 13.5. The van der Waals surface area contributed by atoms with Gasteiger partial charge in [0.05, 0.1) is 18.3 Å². The van der Waals surface area contributed by atoms with Crippen molar-refractivity contribution in [3.05, 3.63) is 71.6 Å². The van der Waals surface area contributed by atoms with Crippen molar-refractivity contribution in [2.24, 2.45) is 0 Å². The van der Waals surface area contributed by atoms with Crippen LogP contribution in [0.1, 0.15) is 11.1 Å². The zero-order chi connectivity index (χ0) is 19.4. The molecule has 0 saturated carbocycles. The van der Waals surface area contributed by atoms with Crippen LogP contribution in [-0.2, 0) is 23.7 Å². The van der Waals surface area contributed by atoms with Gasteiger partial charge in [-0.1, -0.05) is 9.10 Å². The van der Waals surface area contributed by atoms with Gasteiger partial charge in [0.25, 0.3) is 0 Å². The number of hydrogen-bond donors (Lipinski definition) is 0. The van der Waals surface area contributed by atoms with E-state index < -0.39 is 28.7 Å². The second-order valence-electron chi connectivity index (χ2n) is 5.38. The van der Waals surface area contributed by atoms with Gasteiger partial charge in [-0.05, 0) is 42.0 Å². The Hall–Kier alpha value is -3.08. The number of aromatic nitrogens is 3. The number of benzene rings is 2. The van der Waals surface area contributed by atoms with Gasteiger partial charge in [0.2, 0.25) is 0 Å². The molecule has 27 heavy (non-hydrogen) atoms. The second kappa shape index (κ2) is 7.66. The van der Waals surface area contributed by atoms with E-state index in [-0.39, 0.29) is 23.6 Å². The summed E-state index contributed by atoms with van der Waals surface area (Å²) in [5.74, 6) is -1.65. The molecule has 1 heterocycles. The lowest BCUT2D eigenvalue weighted by atomic mass is 10.1. The van der Waals surface area contributed by atoms with Crippen LogP contribution in [0, 0.1) is 11.6 Å². The fourth-order valence-electron chi connectivity index (χ4n) is 2.25. The Bertz CT molecular complexity index is 1000. The maximum absolute atomic E-state index is 14.2. The molecule has 0 bridgehead atoms. The lowest BCUT2D eigenvalue weighted by Gasteiger charge is -2.10. The number of hydrogen-bond acceptors (Lipinski definition) is 6. The molecule has 1 aromatic heterocycles. The lowest BCUT2D eigenvalue weighted by Crippen LogP contribution is -2.06. The molecule has 0 amide bonds. The third kappa shape index (κ3) is 5.20. The van der Waals surface area contributed by atoms with Crippen LogP contribution in [0.2, 0.25) is 0 Å². The number of nitrogens with zero attached hydrogens (tertiary/aromatic N) is 3. The summed E-state index contributed by atoms with van der Waals surface area (Å²) in [5, 5.41) is 7.34. The van der Waals surface area contributed by atoms with E-state index >= 15 is 0 Å². The van der Waals surface area contributed by atoms with Gasteiger partial charge in [-0.3, -0.25) is 0 Å². The average molecular weight is 399 g/mol. The molecule has 0 spiro atoms. The van der Waals surface area contributed by atoms with E-state index in [1.54, 1.807) is 6.20 Å². The van der Waals surface area contributed by atoms with E-state index in [4.69, 9.17) is 4.74 Å². The first-order valence-corrected chi connectivity index (χ1v) is 8.79. The Morgan fingerprint density at radius 3 is 2.22 bits per heavy atom. The molecule has 0 radical (unpaired) electrons. The molecular formula is C16H12F3N3O4S. The van der Waals surface area contributed by atoms with Crippen molar-refractivity contribution < 1.29 is 30.0 Å². The first-order valence-electron chi connectivity index (χ1n) is 7.48. The van der Waals surface area contributed by atoms with Crippen molar-refractivity contribution >= 4 is 10.5 Å². The summed E-state index contributed by atoms with van der Waals surface area (Å²) in [6, 6.07) is 7.17. The Morgan fingerprint density at radius 2 is 1.67 bits per heavy atom. The molecule has 2 aromatic carbocycles. The third-order valence-corrected chi connectivity index (χ3v) is 3.81. The second-order valence-corrected chi connectivity index (χ2v) is 6.33. The lowest BCUT2D eigenvalue weighted by molar-refractivity contribution is 0.292. The van der Waals surface area contributed by atoms with Crippen molar-refractivity contribution in [3.8, 4) is 11.5 Å². The van der Waals surface area contributed by atoms with Gasteiger partial charge in [-0.2, -0.15) is 8.42 Å². The van der Waals surface area contributed by atoms with E-state index in [0.717, 1.165) is 12.1 Å². The molecule has 0 aliphatic carbocycles. The van der Waals surface area contributed by atoms with Crippen molar-refractivity contribution in [3.63, 3.8) is 0 Å². The van der Waals surface area contributed by atoms with Gasteiger partial charge >= 0.3 is 10.5 Å². The fraction of sp³-hybridized carbons (Fsp3) is 0.125. The molecule has 11 heteroatoms. The highest BCUT2D eigenvalue weighted by atomic mass is 32.3. The Morgan fingerprint density at radius 1 is 1.04 bits per heavy atom. The molecule has 3 aromatic rings. The van der Waals surface area contributed by atoms with Crippen LogP contribution in [-0.4, -0.2) is 23.4 Å². The van der Waals surface area contributed by atoms with Crippen LogP contribution in [0.15, 0.2) is 48.8 Å². The molecular weight excluding hydrogens is 387 g/mol. The van der Waals surface area contributed by atoms with E-state index in [2.05, 4.69) is 14.5 Å². The molecule has 3 rings (SSSR count). The first kappa shape index (κ1) is 18.7. The number of halogens is 3. The van der Waals surface area contributed by atoms with Crippen molar-refractivity contribution in [1.82, 2.24) is 15.0 Å². The smallest absolute Gasteiger partial charge is 0.488 e. The minimum absolute atomic E-state index is 0.161. The van der Waals surface area contributed by atoms with Gasteiger partial charge in [0, 0.05) is 6.20 Å². The predicted molar refractivity (Wildman–Crippen MR) is 86.9 cm³/mol. The van der Waals surface area contributed by atoms with Crippen LogP contribution in [0.5, 0.6) is 11.5 Å². The highest BCUT2D eigenvalue weighted by molar-refractivity contribution is 7.81. The topological polar surface area (TPSA) is 83.3 Å². The summed E-state index contributed by atoms with van der Waals surface area (Å²) in [6.07, 6.45) is 3.02.